The summed E-state index contributed by atoms with van der Waals surface area (Å²) in [6.45, 7) is 1.22. The molecule has 33 heavy (non-hydrogen) atoms. The van der Waals surface area contributed by atoms with Gasteiger partial charge in [-0.05, 0) is 43.2 Å². The molecule has 0 unspecified atom stereocenters. The number of halogens is 1. The van der Waals surface area contributed by atoms with E-state index in [9.17, 15) is 14.4 Å². The van der Waals surface area contributed by atoms with Crippen LogP contribution in [0.1, 0.15) is 12.8 Å². The van der Waals surface area contributed by atoms with E-state index in [0.717, 1.165) is 5.69 Å². The van der Waals surface area contributed by atoms with Crippen LogP contribution in [-0.2, 0) is 9.59 Å². The number of rotatable bonds is 4. The first-order valence-corrected chi connectivity index (χ1v) is 11.3. The molecule has 0 atom stereocenters. The van der Waals surface area contributed by atoms with E-state index in [2.05, 4.69) is 10.2 Å². The predicted octanol–water partition coefficient (Wildman–Crippen LogP) is 3.10. The van der Waals surface area contributed by atoms with Gasteiger partial charge in [-0.2, -0.15) is 0 Å². The van der Waals surface area contributed by atoms with Crippen LogP contribution in [0.15, 0.2) is 54.6 Å². The van der Waals surface area contributed by atoms with Crippen molar-refractivity contribution in [3.8, 4) is 0 Å². The Hall–Kier alpha value is -3.26. The molecule has 0 bridgehead atoms. The average molecular weight is 470 g/mol. The third-order valence-corrected chi connectivity index (χ3v) is 6.50. The second-order valence-electron chi connectivity index (χ2n) is 8.66. The Morgan fingerprint density at radius 2 is 1.76 bits per heavy atom. The first-order valence-electron chi connectivity index (χ1n) is 10.9. The fourth-order valence-electron chi connectivity index (χ4n) is 4.61. The van der Waals surface area contributed by atoms with Gasteiger partial charge in [-0.3, -0.25) is 9.59 Å². The number of piperidine rings is 1. The van der Waals surface area contributed by atoms with Crippen LogP contribution in [0.2, 0.25) is 5.02 Å². The van der Waals surface area contributed by atoms with E-state index in [0.29, 0.717) is 43.3 Å². The van der Waals surface area contributed by atoms with Crippen LogP contribution in [0.25, 0.3) is 0 Å². The predicted molar refractivity (Wildman–Crippen MR) is 128 cm³/mol. The molecule has 1 N–H and O–H groups in total. The summed E-state index contributed by atoms with van der Waals surface area (Å²) in [4.78, 5) is 45.8. The highest BCUT2D eigenvalue weighted by Crippen LogP contribution is 2.39. The number of carbonyl (C=O) groups is 3. The molecule has 8 nitrogen and oxygen atoms in total. The van der Waals surface area contributed by atoms with Gasteiger partial charge in [-0.15, -0.1) is 0 Å². The van der Waals surface area contributed by atoms with Gasteiger partial charge in [0.25, 0.3) is 5.91 Å². The van der Waals surface area contributed by atoms with Crippen LogP contribution in [0.5, 0.6) is 0 Å². The van der Waals surface area contributed by atoms with Crippen molar-refractivity contribution in [3.63, 3.8) is 0 Å². The summed E-state index contributed by atoms with van der Waals surface area (Å²) in [5.41, 5.74) is 0.737. The second kappa shape index (κ2) is 9.31. The van der Waals surface area contributed by atoms with Crippen molar-refractivity contribution in [1.82, 2.24) is 14.7 Å². The Morgan fingerprint density at radius 3 is 2.39 bits per heavy atom. The van der Waals surface area contributed by atoms with E-state index >= 15 is 0 Å². The molecule has 0 aromatic heterocycles. The van der Waals surface area contributed by atoms with Gasteiger partial charge in [0, 0.05) is 43.6 Å². The zero-order valence-electron chi connectivity index (χ0n) is 18.8. The summed E-state index contributed by atoms with van der Waals surface area (Å²) in [5.74, 6) is -0.361. The molecule has 174 valence electrons. The highest BCUT2D eigenvalue weighted by molar-refractivity contribution is 6.30. The molecule has 2 aliphatic heterocycles. The number of carbonyl (C=O) groups excluding carboxylic acids is 3. The number of likely N-dealkylation sites (tertiary alicyclic amines) is 1. The van der Waals surface area contributed by atoms with Gasteiger partial charge in [-0.25, -0.2) is 4.79 Å². The summed E-state index contributed by atoms with van der Waals surface area (Å²) in [5, 5.41) is 3.34. The van der Waals surface area contributed by atoms with Gasteiger partial charge in [0.1, 0.15) is 12.1 Å². The number of hydrogen-bond acceptors (Lipinski definition) is 4. The Labute approximate surface area is 198 Å². The Bertz CT molecular complexity index is 1040. The highest BCUT2D eigenvalue weighted by atomic mass is 35.5. The first-order chi connectivity index (χ1) is 15.8. The molecule has 2 fully saturated rings. The maximum atomic E-state index is 13.7. The van der Waals surface area contributed by atoms with E-state index in [-0.39, 0.29) is 24.4 Å². The largest absolute Gasteiger partial charge is 0.339 e. The van der Waals surface area contributed by atoms with Gasteiger partial charge < -0.3 is 24.9 Å². The molecule has 0 aliphatic carbocycles. The minimum Gasteiger partial charge on any atom is -0.339 e. The van der Waals surface area contributed by atoms with Crippen LogP contribution < -0.4 is 10.2 Å². The number of nitrogens with zero attached hydrogens (tertiary/aromatic N) is 4. The Morgan fingerprint density at radius 1 is 1.06 bits per heavy atom. The number of nitrogens with one attached hydrogen (secondary N) is 1. The quantitative estimate of drug-likeness (QED) is 0.746. The van der Waals surface area contributed by atoms with Crippen LogP contribution in [0, 0.1) is 0 Å². The molecule has 2 aliphatic rings. The molecule has 0 radical (unpaired) electrons. The van der Waals surface area contributed by atoms with Gasteiger partial charge in [-0.1, -0.05) is 35.9 Å². The molecule has 2 aromatic rings. The third-order valence-electron chi connectivity index (χ3n) is 6.27. The molecule has 1 spiro atoms. The van der Waals surface area contributed by atoms with Crippen molar-refractivity contribution in [2.45, 2.75) is 18.4 Å². The van der Waals surface area contributed by atoms with Crippen molar-refractivity contribution in [2.75, 3.05) is 50.6 Å². The standard InChI is InChI=1S/C24H28ClN5O3/c1-27(2)23(33)28-13-11-24(12-14-28)22(32)29(17-30(24)20-9-4-3-5-10-20)16-21(31)26-19-8-6-7-18(25)15-19/h3-10,15H,11-14,16-17H2,1-2H3,(H,26,31). The van der Waals surface area contributed by atoms with Crippen LogP contribution in [-0.4, -0.2) is 78.5 Å². The normalized spacial score (nSPS) is 17.4. The maximum Gasteiger partial charge on any atom is 0.319 e. The van der Waals surface area contributed by atoms with E-state index in [1.54, 1.807) is 53.1 Å². The van der Waals surface area contributed by atoms with Crippen LogP contribution in [0.4, 0.5) is 16.2 Å². The van der Waals surface area contributed by atoms with E-state index in [1.807, 2.05) is 30.3 Å². The molecule has 4 rings (SSSR count). The summed E-state index contributed by atoms with van der Waals surface area (Å²) in [7, 11) is 3.45. The van der Waals surface area contributed by atoms with Gasteiger partial charge >= 0.3 is 6.03 Å². The maximum absolute atomic E-state index is 13.7. The van der Waals surface area contributed by atoms with Crippen molar-refractivity contribution < 1.29 is 14.4 Å². The van der Waals surface area contributed by atoms with E-state index in [1.165, 1.54) is 0 Å². The van der Waals surface area contributed by atoms with Crippen molar-refractivity contribution in [1.29, 1.82) is 0 Å². The third kappa shape index (κ3) is 4.61. The number of para-hydroxylation sites is 1. The molecule has 2 aromatic carbocycles. The number of hydrogen-bond donors (Lipinski definition) is 1. The SMILES string of the molecule is CN(C)C(=O)N1CCC2(CC1)C(=O)N(CC(=O)Nc1cccc(Cl)c1)CN2c1ccccc1. The fourth-order valence-corrected chi connectivity index (χ4v) is 4.80. The molecule has 9 heteroatoms. The fraction of sp³-hybridized carbons (Fsp3) is 0.375. The first kappa shape index (κ1) is 22.9. The molecule has 2 saturated heterocycles. The molecule has 2 heterocycles. The monoisotopic (exact) mass is 469 g/mol. The second-order valence-corrected chi connectivity index (χ2v) is 9.10. The summed E-state index contributed by atoms with van der Waals surface area (Å²) in [6.07, 6.45) is 1.01. The lowest BCUT2D eigenvalue weighted by Gasteiger charge is -2.43. The number of amides is 4. The Kier molecular flexibility index (Phi) is 6.47. The lowest BCUT2D eigenvalue weighted by molar-refractivity contribution is -0.136. The van der Waals surface area contributed by atoms with Crippen LogP contribution in [0.3, 0.4) is 0 Å². The van der Waals surface area contributed by atoms with Crippen molar-refractivity contribution in [2.24, 2.45) is 0 Å². The van der Waals surface area contributed by atoms with E-state index in [4.69, 9.17) is 11.6 Å². The lowest BCUT2D eigenvalue weighted by Crippen LogP contribution is -2.58. The summed E-state index contributed by atoms with van der Waals surface area (Å²) >= 11 is 6.01. The molecular weight excluding hydrogens is 442 g/mol. The minimum atomic E-state index is -0.777. The van der Waals surface area contributed by atoms with Crippen molar-refractivity contribution in [3.05, 3.63) is 59.6 Å². The number of anilines is 2. The number of urea groups is 1. The molecule has 4 amide bonds. The van der Waals surface area contributed by atoms with E-state index < -0.39 is 5.54 Å². The zero-order chi connectivity index (χ0) is 23.6. The molecular formula is C24H28ClN5O3. The topological polar surface area (TPSA) is 76.2 Å². The van der Waals surface area contributed by atoms with Crippen LogP contribution >= 0.6 is 11.6 Å². The van der Waals surface area contributed by atoms with Gasteiger partial charge in [0.05, 0.1) is 6.67 Å². The lowest BCUT2D eigenvalue weighted by atomic mass is 9.85. The summed E-state index contributed by atoms with van der Waals surface area (Å²) < 4.78 is 0. The van der Waals surface area contributed by atoms with Gasteiger partial charge in [0.15, 0.2) is 0 Å². The molecule has 0 saturated carbocycles. The Balaban J connectivity index is 1.53. The zero-order valence-corrected chi connectivity index (χ0v) is 19.6. The highest BCUT2D eigenvalue weighted by Gasteiger charge is 2.54. The minimum absolute atomic E-state index is 0.0562. The smallest absolute Gasteiger partial charge is 0.319 e. The van der Waals surface area contributed by atoms with Crippen molar-refractivity contribution >= 4 is 40.8 Å². The van der Waals surface area contributed by atoms with Gasteiger partial charge in [0.2, 0.25) is 5.91 Å². The average Bonchev–Trinajstić information content (AvgIpc) is 3.05. The number of benzene rings is 2. The summed E-state index contributed by atoms with van der Waals surface area (Å²) in [6, 6.07) is 16.6.